The third-order valence-electron chi connectivity index (χ3n) is 3.92. The highest BCUT2D eigenvalue weighted by Gasteiger charge is 2.25. The number of hydrogen-bond acceptors (Lipinski definition) is 3. The van der Waals surface area contributed by atoms with E-state index in [1.807, 2.05) is 36.4 Å². The quantitative estimate of drug-likeness (QED) is 0.692. The maximum atomic E-state index is 12.4. The van der Waals surface area contributed by atoms with Crippen LogP contribution in [-0.4, -0.2) is 10.8 Å². The number of allylic oxidation sites excluding steroid dienone is 1. The molecule has 2 N–H and O–H groups in total. The molecule has 0 saturated carbocycles. The second-order valence-corrected chi connectivity index (χ2v) is 5.39. The lowest BCUT2D eigenvalue weighted by atomic mass is 9.84. The molecule has 21 heavy (non-hydrogen) atoms. The smallest absolute Gasteiger partial charge is 0.164 e. The average molecular weight is 278 g/mol. The first-order valence-electron chi connectivity index (χ1n) is 7.25. The van der Waals surface area contributed by atoms with Gasteiger partial charge in [0.1, 0.15) is 0 Å². The van der Waals surface area contributed by atoms with Crippen LogP contribution in [0.1, 0.15) is 35.6 Å². The van der Waals surface area contributed by atoms with E-state index in [9.17, 15) is 4.79 Å². The molecule has 1 unspecified atom stereocenters. The first kappa shape index (κ1) is 13.6. The lowest BCUT2D eigenvalue weighted by Crippen LogP contribution is -2.18. The number of aryl methyl sites for hydroxylation is 1. The Hall–Kier alpha value is -2.42. The van der Waals surface area contributed by atoms with Gasteiger partial charge in [0.25, 0.3) is 0 Å². The third-order valence-corrected chi connectivity index (χ3v) is 3.92. The molecule has 1 aliphatic rings. The summed E-state index contributed by atoms with van der Waals surface area (Å²) in [7, 11) is 0. The number of carbonyl (C=O) groups excluding carboxylic acids is 1. The Balaban J connectivity index is 1.79. The normalized spacial score (nSPS) is 17.6. The van der Waals surface area contributed by atoms with E-state index in [2.05, 4.69) is 11.1 Å². The van der Waals surface area contributed by atoms with Gasteiger partial charge in [0.15, 0.2) is 5.78 Å². The fraction of sp³-hybridized carbons (Fsp3) is 0.222. The highest BCUT2D eigenvalue weighted by molar-refractivity contribution is 5.98. The van der Waals surface area contributed by atoms with Crippen molar-refractivity contribution in [3.05, 3.63) is 65.5 Å². The average Bonchev–Trinajstić information content (AvgIpc) is 2.53. The molecule has 0 aliphatic heterocycles. The van der Waals surface area contributed by atoms with E-state index in [-0.39, 0.29) is 11.7 Å². The Morgan fingerprint density at radius 2 is 2.05 bits per heavy atom. The molecule has 0 radical (unpaired) electrons. The second-order valence-electron chi connectivity index (χ2n) is 5.39. The van der Waals surface area contributed by atoms with E-state index >= 15 is 0 Å². The lowest BCUT2D eigenvalue weighted by Gasteiger charge is -2.21. The van der Waals surface area contributed by atoms with Crippen LogP contribution in [0.2, 0.25) is 0 Å². The van der Waals surface area contributed by atoms with E-state index in [1.54, 1.807) is 12.3 Å². The molecular weight excluding hydrogens is 260 g/mol. The van der Waals surface area contributed by atoms with Gasteiger partial charge in [-0.05, 0) is 54.7 Å². The number of hydrogen-bond donors (Lipinski definition) is 1. The van der Waals surface area contributed by atoms with Crippen molar-refractivity contribution in [1.29, 1.82) is 0 Å². The number of nitrogen functional groups attached to an aromatic ring is 1. The van der Waals surface area contributed by atoms with Crippen LogP contribution in [0.25, 0.3) is 6.08 Å². The predicted octanol–water partition coefficient (Wildman–Crippen LogP) is 3.37. The van der Waals surface area contributed by atoms with E-state index in [0.717, 1.165) is 36.2 Å². The molecule has 1 heterocycles. The Kier molecular flexibility index (Phi) is 3.82. The van der Waals surface area contributed by atoms with Crippen molar-refractivity contribution >= 4 is 17.5 Å². The summed E-state index contributed by atoms with van der Waals surface area (Å²) in [6.45, 7) is 0. The molecule has 3 nitrogen and oxygen atoms in total. The van der Waals surface area contributed by atoms with E-state index in [4.69, 9.17) is 5.73 Å². The maximum Gasteiger partial charge on any atom is 0.164 e. The molecule has 1 aliphatic carbocycles. The van der Waals surface area contributed by atoms with Gasteiger partial charge in [-0.25, -0.2) is 0 Å². The van der Waals surface area contributed by atoms with Crippen molar-refractivity contribution in [3.8, 4) is 0 Å². The van der Waals surface area contributed by atoms with Crippen LogP contribution < -0.4 is 5.73 Å². The van der Waals surface area contributed by atoms with Crippen molar-refractivity contribution in [2.75, 3.05) is 5.73 Å². The van der Waals surface area contributed by atoms with Gasteiger partial charge in [-0.1, -0.05) is 24.3 Å². The van der Waals surface area contributed by atoms with Crippen LogP contribution >= 0.6 is 0 Å². The van der Waals surface area contributed by atoms with Crippen molar-refractivity contribution in [2.45, 2.75) is 25.2 Å². The van der Waals surface area contributed by atoms with Crippen molar-refractivity contribution in [2.24, 2.45) is 0 Å². The van der Waals surface area contributed by atoms with Crippen LogP contribution in [0.5, 0.6) is 0 Å². The fourth-order valence-corrected chi connectivity index (χ4v) is 2.79. The standard InChI is InChI=1S/C18H18N2O/c19-15-9-6-13(7-10-15)8-11-17(21)16-5-1-3-14-4-2-12-20-18(14)16/h2,4,6-12,16H,1,3,5,19H2/b11-8+. The number of benzene rings is 1. The van der Waals surface area contributed by atoms with E-state index < -0.39 is 0 Å². The predicted molar refractivity (Wildman–Crippen MR) is 84.8 cm³/mol. The zero-order valence-corrected chi connectivity index (χ0v) is 11.8. The molecule has 1 aromatic carbocycles. The summed E-state index contributed by atoms with van der Waals surface area (Å²) in [5.41, 5.74) is 9.53. The second kappa shape index (κ2) is 5.92. The van der Waals surface area contributed by atoms with Crippen LogP contribution in [-0.2, 0) is 11.2 Å². The molecule has 3 rings (SSSR count). The van der Waals surface area contributed by atoms with Crippen molar-refractivity contribution in [1.82, 2.24) is 4.98 Å². The zero-order chi connectivity index (χ0) is 14.7. The maximum absolute atomic E-state index is 12.4. The number of ketones is 1. The van der Waals surface area contributed by atoms with Gasteiger partial charge in [0.2, 0.25) is 0 Å². The first-order valence-corrected chi connectivity index (χ1v) is 7.25. The van der Waals surface area contributed by atoms with Crippen molar-refractivity contribution in [3.63, 3.8) is 0 Å². The minimum Gasteiger partial charge on any atom is -0.399 e. The SMILES string of the molecule is Nc1ccc(/C=C/C(=O)C2CCCc3cccnc32)cc1. The number of nitrogens with two attached hydrogens (primary N) is 1. The Labute approximate surface area is 124 Å². The van der Waals surface area contributed by atoms with Gasteiger partial charge in [-0.3, -0.25) is 9.78 Å². The van der Waals surface area contributed by atoms with Gasteiger partial charge in [-0.2, -0.15) is 0 Å². The number of nitrogens with zero attached hydrogens (tertiary/aromatic N) is 1. The summed E-state index contributed by atoms with van der Waals surface area (Å²) in [4.78, 5) is 16.9. The van der Waals surface area contributed by atoms with Gasteiger partial charge >= 0.3 is 0 Å². The van der Waals surface area contributed by atoms with Gasteiger partial charge < -0.3 is 5.73 Å². The molecule has 0 bridgehead atoms. The molecular formula is C18H18N2O. The summed E-state index contributed by atoms with van der Waals surface area (Å²) in [6.07, 6.45) is 8.24. The number of pyridine rings is 1. The minimum absolute atomic E-state index is 0.0972. The van der Waals surface area contributed by atoms with Crippen LogP contribution in [0.3, 0.4) is 0 Å². The molecule has 0 spiro atoms. The molecule has 0 amide bonds. The third kappa shape index (κ3) is 3.02. The first-order chi connectivity index (χ1) is 10.2. The van der Waals surface area contributed by atoms with E-state index in [1.165, 1.54) is 5.56 Å². The molecule has 1 atom stereocenters. The summed E-state index contributed by atoms with van der Waals surface area (Å²) < 4.78 is 0. The monoisotopic (exact) mass is 278 g/mol. The van der Waals surface area contributed by atoms with E-state index in [0.29, 0.717) is 0 Å². The molecule has 0 saturated heterocycles. The van der Waals surface area contributed by atoms with Crippen LogP contribution in [0, 0.1) is 0 Å². The number of fused-ring (bicyclic) bond motifs is 1. The number of carbonyl (C=O) groups is 1. The lowest BCUT2D eigenvalue weighted by molar-refractivity contribution is -0.116. The van der Waals surface area contributed by atoms with Gasteiger partial charge in [0.05, 0.1) is 11.6 Å². The topological polar surface area (TPSA) is 56.0 Å². The van der Waals surface area contributed by atoms with Crippen molar-refractivity contribution < 1.29 is 4.79 Å². The molecule has 106 valence electrons. The summed E-state index contributed by atoms with van der Waals surface area (Å²) in [6, 6.07) is 11.5. The molecule has 3 heteroatoms. The fourth-order valence-electron chi connectivity index (χ4n) is 2.79. The minimum atomic E-state index is -0.0972. The summed E-state index contributed by atoms with van der Waals surface area (Å²) in [5.74, 6) is 0.0338. The summed E-state index contributed by atoms with van der Waals surface area (Å²) in [5, 5.41) is 0. The number of rotatable bonds is 3. The van der Waals surface area contributed by atoms with Gasteiger partial charge in [0, 0.05) is 11.9 Å². The Morgan fingerprint density at radius 3 is 2.86 bits per heavy atom. The largest absolute Gasteiger partial charge is 0.399 e. The molecule has 2 aromatic rings. The number of anilines is 1. The van der Waals surface area contributed by atoms with Gasteiger partial charge in [-0.15, -0.1) is 0 Å². The molecule has 0 fully saturated rings. The number of aromatic nitrogens is 1. The highest BCUT2D eigenvalue weighted by Crippen LogP contribution is 2.30. The Morgan fingerprint density at radius 1 is 1.24 bits per heavy atom. The van der Waals surface area contributed by atoms with Crippen LogP contribution in [0.4, 0.5) is 5.69 Å². The Bertz CT molecular complexity index is 674. The highest BCUT2D eigenvalue weighted by atomic mass is 16.1. The zero-order valence-electron chi connectivity index (χ0n) is 11.8. The van der Waals surface area contributed by atoms with Crippen LogP contribution in [0.15, 0.2) is 48.7 Å². The molecule has 1 aromatic heterocycles. The summed E-state index contributed by atoms with van der Waals surface area (Å²) >= 11 is 0.